The number of esters is 1. The summed E-state index contributed by atoms with van der Waals surface area (Å²) in [4.78, 5) is 13.0. The fraction of sp³-hybridized carbons (Fsp3) is 0.370. The summed E-state index contributed by atoms with van der Waals surface area (Å²) in [6.45, 7) is 9.40. The van der Waals surface area contributed by atoms with Gasteiger partial charge in [0.15, 0.2) is 0 Å². The van der Waals surface area contributed by atoms with E-state index in [1.165, 1.54) is 32.5 Å². The third kappa shape index (κ3) is 6.58. The summed E-state index contributed by atoms with van der Waals surface area (Å²) in [6, 6.07) is 17.2. The molecule has 0 aromatic heterocycles. The van der Waals surface area contributed by atoms with Crippen molar-refractivity contribution < 1.29 is 19.0 Å². The summed E-state index contributed by atoms with van der Waals surface area (Å²) in [5.41, 5.74) is 1.15. The lowest BCUT2D eigenvalue weighted by molar-refractivity contribution is -0.150. The van der Waals surface area contributed by atoms with Crippen molar-refractivity contribution in [3.8, 4) is 0 Å². The van der Waals surface area contributed by atoms with Crippen LogP contribution < -0.4 is 0 Å². The van der Waals surface area contributed by atoms with Crippen LogP contribution in [0.4, 0.5) is 0 Å². The Kier molecular flexibility index (Phi) is 9.60. The number of unbranched alkanes of at least 4 members (excludes halogenated alkanes) is 1. The molecule has 0 aliphatic rings. The van der Waals surface area contributed by atoms with Gasteiger partial charge in [0.2, 0.25) is 0 Å². The van der Waals surface area contributed by atoms with Crippen molar-refractivity contribution in [2.75, 3.05) is 25.6 Å². The first-order valence-corrected chi connectivity index (χ1v) is 12.2. The van der Waals surface area contributed by atoms with E-state index < -0.39 is 12.1 Å². The van der Waals surface area contributed by atoms with Gasteiger partial charge in [-0.25, -0.2) is 4.79 Å². The number of carbonyl (C=O) groups is 1. The third-order valence-corrected chi connectivity index (χ3v) is 6.08. The maximum Gasteiger partial charge on any atom is 0.330 e. The third-order valence-electron chi connectivity index (χ3n) is 5.20. The van der Waals surface area contributed by atoms with Gasteiger partial charge >= 0.3 is 5.97 Å². The van der Waals surface area contributed by atoms with E-state index in [0.29, 0.717) is 19.8 Å². The summed E-state index contributed by atoms with van der Waals surface area (Å²) >= 11 is 1.83. The van der Waals surface area contributed by atoms with Gasteiger partial charge in [0, 0.05) is 17.6 Å². The van der Waals surface area contributed by atoms with Gasteiger partial charge in [-0.3, -0.25) is 0 Å². The molecule has 0 spiro atoms. The Morgan fingerprint density at radius 3 is 2.59 bits per heavy atom. The molecule has 0 saturated carbocycles. The van der Waals surface area contributed by atoms with Gasteiger partial charge < -0.3 is 14.2 Å². The molecule has 3 rings (SSSR count). The summed E-state index contributed by atoms with van der Waals surface area (Å²) in [6.07, 6.45) is 2.73. The molecule has 32 heavy (non-hydrogen) atoms. The van der Waals surface area contributed by atoms with Crippen molar-refractivity contribution in [3.63, 3.8) is 0 Å². The Morgan fingerprint density at radius 2 is 1.81 bits per heavy atom. The number of hydrogen-bond donors (Lipinski definition) is 0. The molecule has 0 heterocycles. The minimum absolute atomic E-state index is 0.264. The van der Waals surface area contributed by atoms with Gasteiger partial charge in [-0.2, -0.15) is 0 Å². The highest BCUT2D eigenvalue weighted by atomic mass is 32.2. The molecule has 5 heteroatoms. The Labute approximate surface area is 194 Å². The van der Waals surface area contributed by atoms with Crippen LogP contribution in [0.25, 0.3) is 21.5 Å². The fourth-order valence-electron chi connectivity index (χ4n) is 3.63. The monoisotopic (exact) mass is 452 g/mol. The number of thioether (sulfide) groups is 1. The summed E-state index contributed by atoms with van der Waals surface area (Å²) < 4.78 is 17.2. The van der Waals surface area contributed by atoms with Crippen LogP contribution in [0, 0.1) is 0 Å². The zero-order valence-corrected chi connectivity index (χ0v) is 19.8. The second kappa shape index (κ2) is 12.6. The Hall–Kier alpha value is -2.34. The number of carbonyl (C=O) groups excluding carboxylic acids is 1. The van der Waals surface area contributed by atoms with Crippen LogP contribution >= 0.6 is 11.8 Å². The van der Waals surface area contributed by atoms with Gasteiger partial charge in [-0.05, 0) is 57.5 Å². The highest BCUT2D eigenvalue weighted by Gasteiger charge is 2.15. The van der Waals surface area contributed by atoms with E-state index in [4.69, 9.17) is 14.2 Å². The SMILES string of the molecule is C=CC(=O)OC(COCCCC)COCc1c2ccccc2cc2ccc(SCC)cc12. The predicted octanol–water partition coefficient (Wildman–Crippen LogP) is 6.54. The van der Waals surface area contributed by atoms with Crippen LogP contribution in [0.3, 0.4) is 0 Å². The number of benzene rings is 3. The van der Waals surface area contributed by atoms with Crippen LogP contribution in [0.5, 0.6) is 0 Å². The normalized spacial score (nSPS) is 12.2. The molecule has 0 amide bonds. The summed E-state index contributed by atoms with van der Waals surface area (Å²) in [5.74, 6) is 0.564. The zero-order chi connectivity index (χ0) is 22.8. The van der Waals surface area contributed by atoms with Gasteiger partial charge in [-0.1, -0.05) is 57.2 Å². The standard InChI is InChI=1S/C27H32O4S/c1-4-7-14-29-17-22(31-27(28)5-2)18-30-19-26-24-11-9-8-10-20(24)15-21-12-13-23(32-6-3)16-25(21)26/h5,8-13,15-16,22H,2,4,6-7,14,17-19H2,1,3H3. The molecule has 3 aromatic rings. The number of hydrogen-bond acceptors (Lipinski definition) is 5. The lowest BCUT2D eigenvalue weighted by Crippen LogP contribution is -2.28. The van der Waals surface area contributed by atoms with Crippen LogP contribution in [0.15, 0.2) is 66.1 Å². The second-order valence-electron chi connectivity index (χ2n) is 7.60. The van der Waals surface area contributed by atoms with E-state index in [9.17, 15) is 4.79 Å². The molecule has 4 nitrogen and oxygen atoms in total. The number of rotatable bonds is 13. The van der Waals surface area contributed by atoms with Crippen LogP contribution in [-0.4, -0.2) is 37.6 Å². The molecule has 0 fully saturated rings. The molecule has 0 bridgehead atoms. The van der Waals surface area contributed by atoms with Gasteiger partial charge in [0.05, 0.1) is 19.8 Å². The summed E-state index contributed by atoms with van der Waals surface area (Å²) in [5, 5.41) is 4.76. The summed E-state index contributed by atoms with van der Waals surface area (Å²) in [7, 11) is 0. The van der Waals surface area contributed by atoms with Crippen LogP contribution in [-0.2, 0) is 25.6 Å². The van der Waals surface area contributed by atoms with E-state index in [2.05, 4.69) is 69.0 Å². The Bertz CT molecular complexity index is 1050. The minimum atomic E-state index is -0.468. The van der Waals surface area contributed by atoms with Crippen LogP contribution in [0.2, 0.25) is 0 Å². The first kappa shape index (κ1) is 24.3. The van der Waals surface area contributed by atoms with Crippen molar-refractivity contribution in [1.82, 2.24) is 0 Å². The van der Waals surface area contributed by atoms with Crippen molar-refractivity contribution in [2.45, 2.75) is 44.3 Å². The quantitative estimate of drug-likeness (QED) is 0.0969. The van der Waals surface area contributed by atoms with E-state index in [-0.39, 0.29) is 6.61 Å². The highest BCUT2D eigenvalue weighted by Crippen LogP contribution is 2.32. The fourth-order valence-corrected chi connectivity index (χ4v) is 4.33. The number of fused-ring (bicyclic) bond motifs is 2. The molecule has 0 N–H and O–H groups in total. The van der Waals surface area contributed by atoms with Gasteiger partial charge in [0.25, 0.3) is 0 Å². The van der Waals surface area contributed by atoms with Crippen molar-refractivity contribution >= 4 is 39.3 Å². The maximum absolute atomic E-state index is 11.7. The smallest absolute Gasteiger partial charge is 0.330 e. The average Bonchev–Trinajstić information content (AvgIpc) is 2.81. The van der Waals surface area contributed by atoms with E-state index in [1.807, 2.05) is 11.8 Å². The molecular formula is C27H32O4S. The minimum Gasteiger partial charge on any atom is -0.454 e. The Balaban J connectivity index is 1.80. The molecule has 0 aliphatic heterocycles. The largest absolute Gasteiger partial charge is 0.454 e. The average molecular weight is 453 g/mol. The zero-order valence-electron chi connectivity index (χ0n) is 19.0. The molecular weight excluding hydrogens is 420 g/mol. The van der Waals surface area contributed by atoms with E-state index in [0.717, 1.165) is 24.2 Å². The van der Waals surface area contributed by atoms with Crippen molar-refractivity contribution in [2.24, 2.45) is 0 Å². The molecule has 0 aliphatic carbocycles. The maximum atomic E-state index is 11.7. The van der Waals surface area contributed by atoms with Gasteiger partial charge in [0.1, 0.15) is 6.10 Å². The first-order chi connectivity index (χ1) is 15.7. The first-order valence-electron chi connectivity index (χ1n) is 11.2. The molecule has 1 atom stereocenters. The molecule has 3 aromatic carbocycles. The molecule has 1 unspecified atom stereocenters. The van der Waals surface area contributed by atoms with E-state index in [1.54, 1.807) is 0 Å². The topological polar surface area (TPSA) is 44.8 Å². The molecule has 170 valence electrons. The second-order valence-corrected chi connectivity index (χ2v) is 8.94. The predicted molar refractivity (Wildman–Crippen MR) is 133 cm³/mol. The lowest BCUT2D eigenvalue weighted by Gasteiger charge is -2.19. The molecule has 0 saturated heterocycles. The Morgan fingerprint density at radius 1 is 1.03 bits per heavy atom. The van der Waals surface area contributed by atoms with Crippen molar-refractivity contribution in [3.05, 3.63) is 66.7 Å². The van der Waals surface area contributed by atoms with Crippen LogP contribution in [0.1, 0.15) is 32.3 Å². The lowest BCUT2D eigenvalue weighted by atomic mass is 9.97. The van der Waals surface area contributed by atoms with Crippen molar-refractivity contribution in [1.29, 1.82) is 0 Å². The molecule has 0 radical (unpaired) electrons. The number of ether oxygens (including phenoxy) is 3. The van der Waals surface area contributed by atoms with E-state index >= 15 is 0 Å². The highest BCUT2D eigenvalue weighted by molar-refractivity contribution is 7.99. The van der Waals surface area contributed by atoms with Gasteiger partial charge in [-0.15, -0.1) is 11.8 Å².